The number of hydrazine groups is 1. The summed E-state index contributed by atoms with van der Waals surface area (Å²) in [4.78, 5) is 13.8. The lowest BCUT2D eigenvalue weighted by atomic mass is 10.2. The van der Waals surface area contributed by atoms with Crippen LogP contribution in [0.3, 0.4) is 0 Å². The lowest BCUT2D eigenvalue weighted by molar-refractivity contribution is -0.139. The van der Waals surface area contributed by atoms with E-state index in [-0.39, 0.29) is 17.3 Å². The van der Waals surface area contributed by atoms with E-state index in [9.17, 15) is 13.2 Å². The maximum absolute atomic E-state index is 12.2. The van der Waals surface area contributed by atoms with Crippen molar-refractivity contribution in [3.63, 3.8) is 0 Å². The Balaban J connectivity index is 2.04. The predicted octanol–water partition coefficient (Wildman–Crippen LogP) is -0.0724. The molecule has 0 saturated carbocycles. The molecule has 1 aromatic rings. The standard InChI is InChI=1S/C13H18N2O5S/c1-19-13(16)10-11-2-4-12(5-3-11)21(17,18)14-15-6-8-20-9-7-15/h2-5,14H,6-10H2,1H3. The van der Waals surface area contributed by atoms with Crippen molar-refractivity contribution in [1.82, 2.24) is 9.84 Å². The largest absolute Gasteiger partial charge is 0.469 e. The molecule has 0 amide bonds. The highest BCUT2D eigenvalue weighted by molar-refractivity contribution is 7.89. The molecular formula is C13H18N2O5S. The van der Waals surface area contributed by atoms with Gasteiger partial charge in [-0.25, -0.2) is 13.4 Å². The maximum Gasteiger partial charge on any atom is 0.309 e. The lowest BCUT2D eigenvalue weighted by Gasteiger charge is -2.26. The molecule has 1 saturated heterocycles. The Morgan fingerprint density at radius 2 is 1.90 bits per heavy atom. The molecule has 1 aliphatic rings. The Hall–Kier alpha value is -1.48. The SMILES string of the molecule is COC(=O)Cc1ccc(S(=O)(=O)NN2CCOCC2)cc1. The third-order valence-electron chi connectivity index (χ3n) is 3.07. The number of methoxy groups -OCH3 is 1. The van der Waals surface area contributed by atoms with E-state index in [4.69, 9.17) is 4.74 Å². The highest BCUT2D eigenvalue weighted by Crippen LogP contribution is 2.12. The molecular weight excluding hydrogens is 296 g/mol. The highest BCUT2D eigenvalue weighted by atomic mass is 32.2. The summed E-state index contributed by atoms with van der Waals surface area (Å²) in [6.45, 7) is 2.03. The summed E-state index contributed by atoms with van der Waals surface area (Å²) >= 11 is 0. The first-order valence-electron chi connectivity index (χ1n) is 6.52. The third kappa shape index (κ3) is 4.50. The number of hydrogen-bond acceptors (Lipinski definition) is 6. The number of sulfonamides is 1. The van der Waals surface area contributed by atoms with Gasteiger partial charge in [-0.15, -0.1) is 4.83 Å². The molecule has 0 radical (unpaired) electrons. The average Bonchev–Trinajstić information content (AvgIpc) is 2.48. The van der Waals surface area contributed by atoms with Crippen LogP contribution in [0.4, 0.5) is 0 Å². The molecule has 8 heteroatoms. The van der Waals surface area contributed by atoms with E-state index in [1.807, 2.05) is 0 Å². The van der Waals surface area contributed by atoms with E-state index >= 15 is 0 Å². The zero-order valence-corrected chi connectivity index (χ0v) is 12.6. The Morgan fingerprint density at radius 1 is 1.29 bits per heavy atom. The van der Waals surface area contributed by atoms with E-state index in [0.29, 0.717) is 31.9 Å². The van der Waals surface area contributed by atoms with Crippen molar-refractivity contribution < 1.29 is 22.7 Å². The van der Waals surface area contributed by atoms with E-state index in [1.165, 1.54) is 19.2 Å². The van der Waals surface area contributed by atoms with Crippen LogP contribution in [-0.4, -0.2) is 52.8 Å². The van der Waals surface area contributed by atoms with Gasteiger partial charge in [-0.1, -0.05) is 12.1 Å². The molecule has 0 aliphatic carbocycles. The molecule has 0 aromatic heterocycles. The van der Waals surface area contributed by atoms with E-state index in [1.54, 1.807) is 17.1 Å². The number of esters is 1. The second kappa shape index (κ2) is 6.99. The summed E-state index contributed by atoms with van der Waals surface area (Å²) in [5, 5.41) is 1.61. The minimum Gasteiger partial charge on any atom is -0.469 e. The summed E-state index contributed by atoms with van der Waals surface area (Å²) in [7, 11) is -2.29. The predicted molar refractivity (Wildman–Crippen MR) is 74.9 cm³/mol. The second-order valence-corrected chi connectivity index (χ2v) is 6.25. The molecule has 7 nitrogen and oxygen atoms in total. The zero-order chi connectivity index (χ0) is 15.3. The van der Waals surface area contributed by atoms with Crippen LogP contribution in [-0.2, 0) is 30.7 Å². The Bertz CT molecular complexity index is 579. The summed E-state index contributed by atoms with van der Waals surface area (Å²) in [5.74, 6) is -0.364. The number of hydrogen-bond donors (Lipinski definition) is 1. The molecule has 0 atom stereocenters. The van der Waals surface area contributed by atoms with Crippen LogP contribution in [0.15, 0.2) is 29.2 Å². The van der Waals surface area contributed by atoms with Gasteiger partial charge in [0.25, 0.3) is 10.0 Å². The van der Waals surface area contributed by atoms with Crippen molar-refractivity contribution in [3.8, 4) is 0 Å². The number of benzene rings is 1. The quantitative estimate of drug-likeness (QED) is 0.766. The third-order valence-corrected chi connectivity index (χ3v) is 4.46. The molecule has 0 bridgehead atoms. The van der Waals surface area contributed by atoms with Gasteiger partial charge in [-0.2, -0.15) is 0 Å². The zero-order valence-electron chi connectivity index (χ0n) is 11.7. The minimum atomic E-state index is -3.61. The molecule has 1 N–H and O–H groups in total. The normalized spacial score (nSPS) is 16.6. The van der Waals surface area contributed by atoms with E-state index < -0.39 is 10.0 Å². The Labute approximate surface area is 123 Å². The monoisotopic (exact) mass is 314 g/mol. The van der Waals surface area contributed by atoms with Crippen LogP contribution in [0, 0.1) is 0 Å². The molecule has 2 rings (SSSR count). The molecule has 1 fully saturated rings. The minimum absolute atomic E-state index is 0.119. The van der Waals surface area contributed by atoms with Crippen molar-refractivity contribution >= 4 is 16.0 Å². The molecule has 1 aromatic carbocycles. The van der Waals surface area contributed by atoms with Crippen LogP contribution in [0.2, 0.25) is 0 Å². The van der Waals surface area contributed by atoms with Crippen LogP contribution in [0.25, 0.3) is 0 Å². The summed E-state index contributed by atoms with van der Waals surface area (Å²) in [6, 6.07) is 6.15. The van der Waals surface area contributed by atoms with Gasteiger partial charge in [0, 0.05) is 13.1 Å². The van der Waals surface area contributed by atoms with Crippen molar-refractivity contribution in [1.29, 1.82) is 0 Å². The first-order valence-corrected chi connectivity index (χ1v) is 8.00. The van der Waals surface area contributed by atoms with Gasteiger partial charge in [-0.3, -0.25) is 4.79 Å². The Morgan fingerprint density at radius 3 is 2.48 bits per heavy atom. The number of carbonyl (C=O) groups excluding carboxylic acids is 1. The lowest BCUT2D eigenvalue weighted by Crippen LogP contribution is -2.48. The van der Waals surface area contributed by atoms with Gasteiger partial charge >= 0.3 is 5.97 Å². The van der Waals surface area contributed by atoms with Crippen LogP contribution < -0.4 is 4.83 Å². The first-order chi connectivity index (χ1) is 10.0. The summed E-state index contributed by atoms with van der Waals surface area (Å²) in [6.07, 6.45) is 0.119. The van der Waals surface area contributed by atoms with Gasteiger partial charge in [0.2, 0.25) is 0 Å². The number of ether oxygens (including phenoxy) is 2. The number of carbonyl (C=O) groups is 1. The van der Waals surface area contributed by atoms with Gasteiger partial charge in [0.05, 0.1) is 31.6 Å². The number of nitrogens with one attached hydrogen (secondary N) is 1. The number of morpholine rings is 1. The maximum atomic E-state index is 12.2. The number of nitrogens with zero attached hydrogens (tertiary/aromatic N) is 1. The van der Waals surface area contributed by atoms with Gasteiger partial charge in [0.15, 0.2) is 0 Å². The average molecular weight is 314 g/mol. The van der Waals surface area contributed by atoms with Crippen LogP contribution in [0.1, 0.15) is 5.56 Å². The van der Waals surface area contributed by atoms with Crippen molar-refractivity contribution in [2.45, 2.75) is 11.3 Å². The summed E-state index contributed by atoms with van der Waals surface area (Å²) in [5.41, 5.74) is 0.701. The topological polar surface area (TPSA) is 84.9 Å². The smallest absolute Gasteiger partial charge is 0.309 e. The number of rotatable bonds is 5. The molecule has 1 aliphatic heterocycles. The van der Waals surface area contributed by atoms with Crippen LogP contribution in [0.5, 0.6) is 0 Å². The van der Waals surface area contributed by atoms with Crippen molar-refractivity contribution in [2.75, 3.05) is 33.4 Å². The highest BCUT2D eigenvalue weighted by Gasteiger charge is 2.20. The molecule has 0 spiro atoms. The van der Waals surface area contributed by atoms with E-state index in [2.05, 4.69) is 9.57 Å². The van der Waals surface area contributed by atoms with Gasteiger partial charge < -0.3 is 9.47 Å². The molecule has 116 valence electrons. The fourth-order valence-electron chi connectivity index (χ4n) is 1.90. The Kier molecular flexibility index (Phi) is 5.29. The first kappa shape index (κ1) is 15.9. The molecule has 1 heterocycles. The molecule has 0 unspecified atom stereocenters. The molecule has 21 heavy (non-hydrogen) atoms. The van der Waals surface area contributed by atoms with Crippen molar-refractivity contribution in [2.24, 2.45) is 0 Å². The second-order valence-electron chi connectivity index (χ2n) is 4.59. The van der Waals surface area contributed by atoms with E-state index in [0.717, 1.165) is 0 Å². The van der Waals surface area contributed by atoms with Gasteiger partial charge in [0.1, 0.15) is 0 Å². The van der Waals surface area contributed by atoms with Crippen molar-refractivity contribution in [3.05, 3.63) is 29.8 Å². The van der Waals surface area contributed by atoms with Gasteiger partial charge in [-0.05, 0) is 17.7 Å². The van der Waals surface area contributed by atoms with Crippen LogP contribution >= 0.6 is 0 Å². The summed E-state index contributed by atoms with van der Waals surface area (Å²) < 4.78 is 34.1. The fourth-order valence-corrected chi connectivity index (χ4v) is 3.02. The fraction of sp³-hybridized carbons (Fsp3) is 0.462.